The molecule has 0 radical (unpaired) electrons. The van der Waals surface area contributed by atoms with Crippen LogP contribution < -0.4 is 15.4 Å². The number of thiocarbonyl (C=S) groups is 1. The number of benzene rings is 2. The second-order valence-corrected chi connectivity index (χ2v) is 4.89. The van der Waals surface area contributed by atoms with E-state index >= 15 is 0 Å². The number of hydrogen-bond donors (Lipinski definition) is 3. The average molecular weight is 298 g/mol. The molecule has 3 rings (SSSR count). The Hall–Kier alpha value is -2.60. The first-order chi connectivity index (χ1) is 10.2. The summed E-state index contributed by atoms with van der Waals surface area (Å²) in [7, 11) is 1.63. The molecule has 0 saturated carbocycles. The molecule has 0 spiro atoms. The fourth-order valence-electron chi connectivity index (χ4n) is 2.01. The van der Waals surface area contributed by atoms with Gasteiger partial charge in [-0.05, 0) is 42.5 Å². The summed E-state index contributed by atoms with van der Waals surface area (Å²) in [5.41, 5.74) is 2.73. The summed E-state index contributed by atoms with van der Waals surface area (Å²) in [6.07, 6.45) is 1.78. The molecule has 0 atom stereocenters. The maximum atomic E-state index is 5.31. The lowest BCUT2D eigenvalue weighted by Gasteiger charge is -2.11. The zero-order chi connectivity index (χ0) is 14.7. The van der Waals surface area contributed by atoms with Crippen molar-refractivity contribution < 1.29 is 4.74 Å². The van der Waals surface area contributed by atoms with Crippen molar-refractivity contribution in [2.45, 2.75) is 0 Å². The van der Waals surface area contributed by atoms with Gasteiger partial charge in [0.1, 0.15) is 5.75 Å². The van der Waals surface area contributed by atoms with Crippen molar-refractivity contribution in [1.82, 2.24) is 10.2 Å². The summed E-state index contributed by atoms with van der Waals surface area (Å²) >= 11 is 5.31. The third kappa shape index (κ3) is 3.11. The van der Waals surface area contributed by atoms with Gasteiger partial charge in [0.2, 0.25) is 0 Å². The first-order valence-electron chi connectivity index (χ1n) is 6.40. The van der Waals surface area contributed by atoms with Crippen LogP contribution in [-0.4, -0.2) is 22.4 Å². The lowest BCUT2D eigenvalue weighted by Crippen LogP contribution is -2.18. The van der Waals surface area contributed by atoms with Crippen LogP contribution in [0.15, 0.2) is 48.7 Å². The number of anilines is 2. The Kier molecular flexibility index (Phi) is 3.70. The minimum Gasteiger partial charge on any atom is -0.497 e. The summed E-state index contributed by atoms with van der Waals surface area (Å²) in [6.45, 7) is 0. The number of fused-ring (bicyclic) bond motifs is 1. The van der Waals surface area contributed by atoms with Crippen molar-refractivity contribution in [2.24, 2.45) is 0 Å². The second kappa shape index (κ2) is 5.80. The highest BCUT2D eigenvalue weighted by Gasteiger charge is 2.02. The first kappa shape index (κ1) is 13.4. The van der Waals surface area contributed by atoms with Gasteiger partial charge >= 0.3 is 0 Å². The van der Waals surface area contributed by atoms with Gasteiger partial charge in [-0.2, -0.15) is 5.10 Å². The predicted octanol–water partition coefficient (Wildman–Crippen LogP) is 3.38. The molecule has 3 N–H and O–H groups in total. The molecular formula is C15H14N4OS. The Morgan fingerprint density at radius 2 is 1.95 bits per heavy atom. The molecule has 1 heterocycles. The standard InChI is InChI=1S/C15H14N4OS/c1-20-13-4-2-3-11(7-13)17-15(21)18-12-6-5-10-9-16-19-14(10)8-12/h2-9H,1H3,(H,16,19)(H2,17,18,21). The minimum absolute atomic E-state index is 0.516. The quantitative estimate of drug-likeness (QED) is 0.647. The van der Waals surface area contributed by atoms with Crippen molar-refractivity contribution in [3.05, 3.63) is 48.7 Å². The van der Waals surface area contributed by atoms with Crippen LogP contribution in [0.25, 0.3) is 10.9 Å². The molecule has 6 heteroatoms. The monoisotopic (exact) mass is 298 g/mol. The zero-order valence-electron chi connectivity index (χ0n) is 11.4. The Balaban J connectivity index is 1.70. The number of H-pyrrole nitrogens is 1. The third-order valence-electron chi connectivity index (χ3n) is 3.03. The number of nitrogens with zero attached hydrogens (tertiary/aromatic N) is 1. The normalized spacial score (nSPS) is 10.3. The Bertz CT molecular complexity index is 784. The fourth-order valence-corrected chi connectivity index (χ4v) is 2.24. The average Bonchev–Trinajstić information content (AvgIpc) is 2.95. The molecule has 21 heavy (non-hydrogen) atoms. The second-order valence-electron chi connectivity index (χ2n) is 4.48. The zero-order valence-corrected chi connectivity index (χ0v) is 12.2. The topological polar surface area (TPSA) is 62.0 Å². The van der Waals surface area contributed by atoms with Crippen LogP contribution in [-0.2, 0) is 0 Å². The van der Waals surface area contributed by atoms with E-state index in [0.29, 0.717) is 5.11 Å². The van der Waals surface area contributed by atoms with E-state index in [1.54, 1.807) is 13.3 Å². The van der Waals surface area contributed by atoms with Gasteiger partial charge in [0.15, 0.2) is 5.11 Å². The SMILES string of the molecule is COc1cccc(NC(=S)Nc2ccc3cn[nH]c3c2)c1. The lowest BCUT2D eigenvalue weighted by molar-refractivity contribution is 0.415. The van der Waals surface area contributed by atoms with Crippen LogP contribution in [0.5, 0.6) is 5.75 Å². The van der Waals surface area contributed by atoms with Crippen LogP contribution >= 0.6 is 12.2 Å². The van der Waals surface area contributed by atoms with Gasteiger partial charge in [-0.3, -0.25) is 5.10 Å². The van der Waals surface area contributed by atoms with Gasteiger partial charge in [-0.1, -0.05) is 6.07 Å². The summed E-state index contributed by atoms with van der Waals surface area (Å²) in [4.78, 5) is 0. The van der Waals surface area contributed by atoms with Crippen LogP contribution in [0, 0.1) is 0 Å². The van der Waals surface area contributed by atoms with Crippen molar-refractivity contribution in [1.29, 1.82) is 0 Å². The highest BCUT2D eigenvalue weighted by molar-refractivity contribution is 7.80. The molecule has 0 aliphatic carbocycles. The van der Waals surface area contributed by atoms with Crippen LogP contribution in [0.4, 0.5) is 11.4 Å². The number of hydrogen-bond acceptors (Lipinski definition) is 3. The number of aromatic amines is 1. The summed E-state index contributed by atoms with van der Waals surface area (Å²) in [6, 6.07) is 13.5. The van der Waals surface area contributed by atoms with E-state index in [1.807, 2.05) is 42.5 Å². The molecule has 0 aliphatic heterocycles. The van der Waals surface area contributed by atoms with Crippen molar-refractivity contribution in [3.63, 3.8) is 0 Å². The van der Waals surface area contributed by atoms with E-state index in [4.69, 9.17) is 17.0 Å². The molecule has 2 aromatic carbocycles. The Morgan fingerprint density at radius 3 is 2.76 bits per heavy atom. The first-order valence-corrected chi connectivity index (χ1v) is 6.80. The molecule has 3 aromatic rings. The summed E-state index contributed by atoms with van der Waals surface area (Å²) < 4.78 is 5.18. The number of rotatable bonds is 3. The molecule has 0 aliphatic rings. The van der Waals surface area contributed by atoms with E-state index in [2.05, 4.69) is 20.8 Å². The highest BCUT2D eigenvalue weighted by atomic mass is 32.1. The Morgan fingerprint density at radius 1 is 1.14 bits per heavy atom. The molecule has 1 aromatic heterocycles. The van der Waals surface area contributed by atoms with Crippen LogP contribution in [0.1, 0.15) is 0 Å². The molecule has 0 amide bonds. The van der Waals surface area contributed by atoms with Crippen molar-refractivity contribution >= 4 is 39.6 Å². The number of ether oxygens (including phenoxy) is 1. The van der Waals surface area contributed by atoms with Gasteiger partial charge in [0, 0.05) is 22.8 Å². The van der Waals surface area contributed by atoms with Gasteiger partial charge in [-0.15, -0.1) is 0 Å². The van der Waals surface area contributed by atoms with E-state index in [-0.39, 0.29) is 0 Å². The third-order valence-corrected chi connectivity index (χ3v) is 3.23. The maximum Gasteiger partial charge on any atom is 0.175 e. The number of nitrogens with one attached hydrogen (secondary N) is 3. The van der Waals surface area contributed by atoms with E-state index in [0.717, 1.165) is 28.0 Å². The lowest BCUT2D eigenvalue weighted by atomic mass is 10.2. The Labute approximate surface area is 127 Å². The van der Waals surface area contributed by atoms with Gasteiger partial charge in [0.05, 0.1) is 18.8 Å². The highest BCUT2D eigenvalue weighted by Crippen LogP contribution is 2.19. The fraction of sp³-hybridized carbons (Fsp3) is 0.0667. The van der Waals surface area contributed by atoms with Crippen LogP contribution in [0.2, 0.25) is 0 Å². The van der Waals surface area contributed by atoms with Gasteiger partial charge < -0.3 is 15.4 Å². The minimum atomic E-state index is 0.516. The summed E-state index contributed by atoms with van der Waals surface area (Å²) in [5.74, 6) is 0.779. The van der Waals surface area contributed by atoms with Gasteiger partial charge in [-0.25, -0.2) is 0 Å². The van der Waals surface area contributed by atoms with Gasteiger partial charge in [0.25, 0.3) is 0 Å². The molecule has 0 bridgehead atoms. The van der Waals surface area contributed by atoms with E-state index in [1.165, 1.54) is 0 Å². The molecule has 0 saturated heterocycles. The summed E-state index contributed by atoms with van der Waals surface area (Å²) in [5, 5.41) is 14.8. The number of aromatic nitrogens is 2. The molecular weight excluding hydrogens is 284 g/mol. The maximum absolute atomic E-state index is 5.31. The largest absolute Gasteiger partial charge is 0.497 e. The number of methoxy groups -OCH3 is 1. The molecule has 5 nitrogen and oxygen atoms in total. The van der Waals surface area contributed by atoms with Crippen molar-refractivity contribution in [2.75, 3.05) is 17.7 Å². The van der Waals surface area contributed by atoms with Crippen molar-refractivity contribution in [3.8, 4) is 5.75 Å². The molecule has 0 unspecified atom stereocenters. The molecule has 106 valence electrons. The van der Waals surface area contributed by atoms with E-state index < -0.39 is 0 Å². The van der Waals surface area contributed by atoms with E-state index in [9.17, 15) is 0 Å². The van der Waals surface area contributed by atoms with Crippen LogP contribution in [0.3, 0.4) is 0 Å². The smallest absolute Gasteiger partial charge is 0.175 e. The predicted molar refractivity (Wildman–Crippen MR) is 88.9 cm³/mol. The molecule has 0 fully saturated rings.